The van der Waals surface area contributed by atoms with Crippen molar-refractivity contribution in [2.24, 2.45) is 0 Å². The van der Waals surface area contributed by atoms with Gasteiger partial charge in [0, 0.05) is 17.7 Å². The fourth-order valence-electron chi connectivity index (χ4n) is 2.73. The van der Waals surface area contributed by atoms with E-state index in [-0.39, 0.29) is 12.6 Å². The molecule has 5 heteroatoms. The van der Waals surface area contributed by atoms with Crippen molar-refractivity contribution in [1.82, 2.24) is 5.32 Å². The molecule has 1 aromatic carbocycles. The minimum atomic E-state index is -0.396. The second-order valence-corrected chi connectivity index (χ2v) is 5.50. The van der Waals surface area contributed by atoms with Crippen molar-refractivity contribution >= 4 is 6.09 Å². The summed E-state index contributed by atoms with van der Waals surface area (Å²) in [6, 6.07) is 11.5. The van der Waals surface area contributed by atoms with Gasteiger partial charge in [-0.15, -0.1) is 0 Å². The molecule has 0 aliphatic heterocycles. The zero-order valence-electron chi connectivity index (χ0n) is 12.2. The van der Waals surface area contributed by atoms with Gasteiger partial charge in [-0.3, -0.25) is 0 Å². The van der Waals surface area contributed by atoms with Gasteiger partial charge >= 0.3 is 6.09 Å². The molecule has 1 amide bonds. The number of nitrogens with one attached hydrogen (secondary N) is 1. The number of hydrogen-bond acceptors (Lipinski definition) is 3. The maximum absolute atomic E-state index is 11.9. The number of pyridine rings is 1. The summed E-state index contributed by atoms with van der Waals surface area (Å²) >= 11 is 0. The van der Waals surface area contributed by atoms with Crippen LogP contribution in [0, 0.1) is 5.21 Å². The molecule has 0 saturated carbocycles. The number of benzene rings is 1. The molecule has 1 unspecified atom stereocenters. The second-order valence-electron chi connectivity index (χ2n) is 5.50. The van der Waals surface area contributed by atoms with Gasteiger partial charge in [0.05, 0.1) is 0 Å². The zero-order valence-corrected chi connectivity index (χ0v) is 12.2. The maximum Gasteiger partial charge on any atom is 0.407 e. The summed E-state index contributed by atoms with van der Waals surface area (Å²) in [6.07, 6.45) is 5.05. The first-order valence-corrected chi connectivity index (χ1v) is 7.38. The molecule has 1 atom stereocenters. The number of ether oxygens (including phenoxy) is 1. The molecule has 0 saturated heterocycles. The number of carbonyl (C=O) groups excluding carboxylic acids is 1. The van der Waals surface area contributed by atoms with E-state index in [9.17, 15) is 10.0 Å². The number of aryl methyl sites for hydroxylation is 1. The molecule has 5 nitrogen and oxygen atoms in total. The van der Waals surface area contributed by atoms with Crippen LogP contribution in [0.2, 0.25) is 0 Å². The Kier molecular flexibility index (Phi) is 4.23. The zero-order chi connectivity index (χ0) is 15.4. The van der Waals surface area contributed by atoms with Gasteiger partial charge in [-0.2, -0.15) is 4.73 Å². The molecule has 1 aliphatic rings. The van der Waals surface area contributed by atoms with Crippen LogP contribution in [0.25, 0.3) is 0 Å². The first-order chi connectivity index (χ1) is 10.7. The lowest BCUT2D eigenvalue weighted by molar-refractivity contribution is -0.606. The minimum Gasteiger partial charge on any atom is -0.619 e. The third-order valence-corrected chi connectivity index (χ3v) is 3.88. The third kappa shape index (κ3) is 3.55. The fraction of sp³-hybridized carbons (Fsp3) is 0.294. The predicted molar refractivity (Wildman–Crippen MR) is 81.0 cm³/mol. The van der Waals surface area contributed by atoms with Gasteiger partial charge in [0.1, 0.15) is 6.61 Å². The number of fused-ring (bicyclic) bond motifs is 1. The average Bonchev–Trinajstić information content (AvgIpc) is 2.54. The van der Waals surface area contributed by atoms with Crippen molar-refractivity contribution in [3.05, 3.63) is 70.7 Å². The highest BCUT2D eigenvalue weighted by molar-refractivity contribution is 5.67. The molecule has 0 radical (unpaired) electrons. The minimum absolute atomic E-state index is 0.0540. The lowest BCUT2D eigenvalue weighted by Crippen LogP contribution is -2.40. The molecule has 2 aromatic rings. The third-order valence-electron chi connectivity index (χ3n) is 3.88. The number of nitrogens with zero attached hydrogens (tertiary/aromatic N) is 1. The van der Waals surface area contributed by atoms with E-state index in [1.807, 2.05) is 36.4 Å². The monoisotopic (exact) mass is 298 g/mol. The smallest absolute Gasteiger partial charge is 0.407 e. The molecule has 0 fully saturated rings. The normalized spacial score (nSPS) is 16.6. The topological polar surface area (TPSA) is 65.3 Å². The van der Waals surface area contributed by atoms with E-state index in [1.165, 1.54) is 6.20 Å². The Morgan fingerprint density at radius 1 is 1.27 bits per heavy atom. The first kappa shape index (κ1) is 14.4. The molecule has 1 N–H and O–H groups in total. The van der Waals surface area contributed by atoms with Crippen LogP contribution in [0.3, 0.4) is 0 Å². The van der Waals surface area contributed by atoms with Gasteiger partial charge in [-0.1, -0.05) is 30.3 Å². The van der Waals surface area contributed by atoms with Crippen molar-refractivity contribution < 1.29 is 14.3 Å². The van der Waals surface area contributed by atoms with E-state index in [0.717, 1.165) is 40.7 Å². The van der Waals surface area contributed by atoms with E-state index in [2.05, 4.69) is 5.32 Å². The quantitative estimate of drug-likeness (QED) is 0.697. The number of carbonyl (C=O) groups is 1. The van der Waals surface area contributed by atoms with Gasteiger partial charge < -0.3 is 15.3 Å². The van der Waals surface area contributed by atoms with Crippen LogP contribution in [0.5, 0.6) is 0 Å². The van der Waals surface area contributed by atoms with Crippen LogP contribution in [0.15, 0.2) is 48.8 Å². The molecule has 1 heterocycles. The van der Waals surface area contributed by atoms with Gasteiger partial charge in [0.25, 0.3) is 0 Å². The van der Waals surface area contributed by atoms with E-state index in [4.69, 9.17) is 4.74 Å². The average molecular weight is 298 g/mol. The molecule has 1 aromatic heterocycles. The highest BCUT2D eigenvalue weighted by Gasteiger charge is 2.22. The van der Waals surface area contributed by atoms with Crippen molar-refractivity contribution in [2.45, 2.75) is 31.9 Å². The molecular formula is C17H18N2O3. The summed E-state index contributed by atoms with van der Waals surface area (Å²) in [4.78, 5) is 11.9. The van der Waals surface area contributed by atoms with Crippen LogP contribution in [0.1, 0.15) is 23.1 Å². The van der Waals surface area contributed by atoms with Crippen molar-refractivity contribution in [1.29, 1.82) is 0 Å². The molecule has 1 aliphatic carbocycles. The molecule has 0 bridgehead atoms. The highest BCUT2D eigenvalue weighted by Crippen LogP contribution is 2.19. The Hall–Kier alpha value is -2.56. The van der Waals surface area contributed by atoms with E-state index in [0.29, 0.717) is 0 Å². The Morgan fingerprint density at radius 3 is 2.91 bits per heavy atom. The predicted octanol–water partition coefficient (Wildman–Crippen LogP) is 2.10. The SMILES string of the molecule is O=C(NC1CCc2c[n+]([O-])ccc2C1)OCc1ccccc1. The van der Waals surface area contributed by atoms with Crippen molar-refractivity contribution in [2.75, 3.05) is 0 Å². The number of rotatable bonds is 3. The Morgan fingerprint density at radius 2 is 2.09 bits per heavy atom. The maximum atomic E-state index is 11.9. The van der Waals surface area contributed by atoms with Gasteiger partial charge in [-0.05, 0) is 30.4 Å². The number of amides is 1. The summed E-state index contributed by atoms with van der Waals surface area (Å²) < 4.78 is 6.05. The highest BCUT2D eigenvalue weighted by atomic mass is 16.5. The fourth-order valence-corrected chi connectivity index (χ4v) is 2.73. The largest absolute Gasteiger partial charge is 0.619 e. The first-order valence-electron chi connectivity index (χ1n) is 7.38. The molecular weight excluding hydrogens is 280 g/mol. The summed E-state index contributed by atoms with van der Waals surface area (Å²) in [5.74, 6) is 0. The standard InChI is InChI=1S/C17H18N2O3/c20-17(22-12-13-4-2-1-3-5-13)18-16-7-6-15-11-19(21)9-8-14(15)10-16/h1-5,8-9,11,16H,6-7,10,12H2,(H,18,20). The van der Waals surface area contributed by atoms with Gasteiger partial charge in [0.15, 0.2) is 12.4 Å². The van der Waals surface area contributed by atoms with Crippen LogP contribution < -0.4 is 10.0 Å². The number of aromatic nitrogens is 1. The molecule has 3 rings (SSSR count). The molecule has 0 spiro atoms. The van der Waals surface area contributed by atoms with Crippen molar-refractivity contribution in [3.8, 4) is 0 Å². The van der Waals surface area contributed by atoms with Crippen LogP contribution in [0.4, 0.5) is 4.79 Å². The number of hydrogen-bond donors (Lipinski definition) is 1. The van der Waals surface area contributed by atoms with Crippen molar-refractivity contribution in [3.63, 3.8) is 0 Å². The summed E-state index contributed by atoms with van der Waals surface area (Å²) in [7, 11) is 0. The Bertz CT molecular complexity index is 658. The molecule has 22 heavy (non-hydrogen) atoms. The number of alkyl carbamates (subject to hydrolysis) is 1. The molecule has 114 valence electrons. The van der Waals surface area contributed by atoms with E-state index in [1.54, 1.807) is 6.20 Å². The Balaban J connectivity index is 1.51. The van der Waals surface area contributed by atoms with Gasteiger partial charge in [0.2, 0.25) is 0 Å². The summed E-state index contributed by atoms with van der Waals surface area (Å²) in [5.41, 5.74) is 3.14. The summed E-state index contributed by atoms with van der Waals surface area (Å²) in [5, 5.41) is 14.1. The van der Waals surface area contributed by atoms with E-state index < -0.39 is 6.09 Å². The second kappa shape index (κ2) is 6.47. The lowest BCUT2D eigenvalue weighted by Gasteiger charge is -2.24. The lowest BCUT2D eigenvalue weighted by atomic mass is 9.90. The van der Waals surface area contributed by atoms with Gasteiger partial charge in [-0.25, -0.2) is 4.79 Å². The van der Waals surface area contributed by atoms with Crippen LogP contribution >= 0.6 is 0 Å². The summed E-state index contributed by atoms with van der Waals surface area (Å²) in [6.45, 7) is 0.270. The Labute approximate surface area is 129 Å². The van der Waals surface area contributed by atoms with Crippen LogP contribution in [-0.2, 0) is 24.2 Å². The van der Waals surface area contributed by atoms with E-state index >= 15 is 0 Å². The van der Waals surface area contributed by atoms with Crippen LogP contribution in [-0.4, -0.2) is 12.1 Å².